The van der Waals surface area contributed by atoms with Crippen LogP contribution in [0.3, 0.4) is 0 Å². The molecule has 1 atom stereocenters. The van der Waals surface area contributed by atoms with E-state index in [1.54, 1.807) is 62.4 Å². The molecule has 0 heterocycles. The molecule has 8 heteroatoms. The number of ketones is 1. The number of anilines is 1. The van der Waals surface area contributed by atoms with Crippen molar-refractivity contribution in [1.29, 1.82) is 0 Å². The number of benzene rings is 2. The Morgan fingerprint density at radius 3 is 2.15 bits per heavy atom. The second kappa shape index (κ2) is 9.95. The molecule has 0 radical (unpaired) electrons. The quantitative estimate of drug-likeness (QED) is 0.333. The van der Waals surface area contributed by atoms with E-state index in [0.29, 0.717) is 16.8 Å². The number of rotatable bonds is 9. The van der Waals surface area contributed by atoms with Gasteiger partial charge < -0.3 is 14.4 Å². The molecule has 0 fully saturated rings. The standard InChI is InChI=1S/C19H21BrNO5P/c1-3-25-27(24,26-4-2)18(20)19(23)21-16-13-9-8-12-15(16)17(22)14-10-6-5-7-11-14/h5-13,18H,3-4H2,1-2H3,(H,21,23). The number of amides is 1. The van der Waals surface area contributed by atoms with E-state index in [4.69, 9.17) is 9.05 Å². The maximum atomic E-state index is 12.8. The molecule has 2 aromatic rings. The van der Waals surface area contributed by atoms with E-state index in [9.17, 15) is 14.2 Å². The van der Waals surface area contributed by atoms with Crippen molar-refractivity contribution >= 4 is 40.9 Å². The Morgan fingerprint density at radius 2 is 1.56 bits per heavy atom. The smallest absolute Gasteiger partial charge is 0.324 e. The molecule has 2 aromatic carbocycles. The van der Waals surface area contributed by atoms with Gasteiger partial charge in [-0.15, -0.1) is 0 Å². The van der Waals surface area contributed by atoms with Crippen LogP contribution < -0.4 is 5.32 Å². The first-order valence-corrected chi connectivity index (χ1v) is 11.0. The van der Waals surface area contributed by atoms with Gasteiger partial charge in [0, 0.05) is 11.1 Å². The highest BCUT2D eigenvalue weighted by Gasteiger charge is 2.39. The van der Waals surface area contributed by atoms with Gasteiger partial charge in [0.2, 0.25) is 0 Å². The van der Waals surface area contributed by atoms with Crippen molar-refractivity contribution < 1.29 is 23.2 Å². The van der Waals surface area contributed by atoms with Gasteiger partial charge in [0.25, 0.3) is 5.91 Å². The van der Waals surface area contributed by atoms with Crippen LogP contribution in [0.1, 0.15) is 29.8 Å². The van der Waals surface area contributed by atoms with Crippen LogP contribution in [0, 0.1) is 0 Å². The number of carbonyl (C=O) groups is 2. The van der Waals surface area contributed by atoms with Crippen LogP contribution in [-0.2, 0) is 18.4 Å². The second-order valence-corrected chi connectivity index (χ2v) is 9.18. The lowest BCUT2D eigenvalue weighted by Gasteiger charge is -2.21. The van der Waals surface area contributed by atoms with E-state index < -0.39 is 18.1 Å². The van der Waals surface area contributed by atoms with E-state index in [-0.39, 0.29) is 19.0 Å². The van der Waals surface area contributed by atoms with Crippen molar-refractivity contribution in [3.63, 3.8) is 0 Å². The van der Waals surface area contributed by atoms with Gasteiger partial charge in [-0.25, -0.2) is 0 Å². The molecule has 0 aliphatic carbocycles. The lowest BCUT2D eigenvalue weighted by Crippen LogP contribution is -2.25. The van der Waals surface area contributed by atoms with Crippen LogP contribution in [0.25, 0.3) is 0 Å². The minimum absolute atomic E-state index is 0.135. The molecular weight excluding hydrogens is 433 g/mol. The molecule has 2 rings (SSSR count). The highest BCUT2D eigenvalue weighted by atomic mass is 79.9. The molecule has 27 heavy (non-hydrogen) atoms. The first kappa shape index (κ1) is 21.5. The maximum absolute atomic E-state index is 12.8. The van der Waals surface area contributed by atoms with Crippen molar-refractivity contribution in [2.45, 2.75) is 18.4 Å². The van der Waals surface area contributed by atoms with Gasteiger partial charge in [0.05, 0.1) is 18.9 Å². The predicted molar refractivity (Wildman–Crippen MR) is 109 cm³/mol. The number of halogens is 1. The predicted octanol–water partition coefficient (Wildman–Crippen LogP) is 4.84. The largest absolute Gasteiger partial charge is 0.353 e. The first-order chi connectivity index (χ1) is 12.9. The average Bonchev–Trinajstić information content (AvgIpc) is 2.68. The summed E-state index contributed by atoms with van der Waals surface area (Å²) in [5.41, 5.74) is 1.16. The Kier molecular flexibility index (Phi) is 7.92. The van der Waals surface area contributed by atoms with Crippen molar-refractivity contribution in [3.05, 3.63) is 65.7 Å². The van der Waals surface area contributed by atoms with Crippen LogP contribution in [-0.4, -0.2) is 29.5 Å². The summed E-state index contributed by atoms with van der Waals surface area (Å²) in [6, 6.07) is 15.4. The number of para-hydroxylation sites is 1. The summed E-state index contributed by atoms with van der Waals surface area (Å²) in [6.45, 7) is 3.60. The fourth-order valence-corrected chi connectivity index (χ4v) is 4.63. The Hall–Kier alpha value is -1.79. The summed E-state index contributed by atoms with van der Waals surface area (Å²) in [5, 5.41) is 2.64. The highest BCUT2D eigenvalue weighted by Crippen LogP contribution is 2.55. The summed E-state index contributed by atoms with van der Waals surface area (Å²) in [4.78, 5) is 25.4. The number of carbonyl (C=O) groups excluding carboxylic acids is 2. The van der Waals surface area contributed by atoms with E-state index in [1.807, 2.05) is 6.07 Å². The lowest BCUT2D eigenvalue weighted by atomic mass is 10.0. The Balaban J connectivity index is 2.26. The number of alkyl halides is 1. The van der Waals surface area contributed by atoms with Gasteiger partial charge in [-0.05, 0) is 26.0 Å². The zero-order chi connectivity index (χ0) is 19.9. The van der Waals surface area contributed by atoms with Crippen molar-refractivity contribution in [2.24, 2.45) is 0 Å². The van der Waals surface area contributed by atoms with Crippen LogP contribution in [0.5, 0.6) is 0 Å². The normalized spacial score (nSPS) is 12.4. The maximum Gasteiger partial charge on any atom is 0.353 e. The Morgan fingerprint density at radius 1 is 1.00 bits per heavy atom. The number of hydrogen-bond donors (Lipinski definition) is 1. The van der Waals surface area contributed by atoms with Crippen LogP contribution >= 0.6 is 23.5 Å². The SMILES string of the molecule is CCOP(=O)(OCC)C(Br)C(=O)Nc1ccccc1C(=O)c1ccccc1. The Bertz CT molecular complexity index is 833. The Labute approximate surface area is 166 Å². The van der Waals surface area contributed by atoms with Crippen LogP contribution in [0.2, 0.25) is 0 Å². The highest BCUT2D eigenvalue weighted by molar-refractivity contribution is 9.11. The molecule has 0 aliphatic heterocycles. The zero-order valence-electron chi connectivity index (χ0n) is 15.1. The molecule has 1 unspecified atom stereocenters. The molecule has 0 bridgehead atoms. The van der Waals surface area contributed by atoms with Crippen LogP contribution in [0.4, 0.5) is 5.69 Å². The molecule has 0 saturated carbocycles. The van der Waals surface area contributed by atoms with E-state index in [1.165, 1.54) is 0 Å². The molecule has 1 amide bonds. The van der Waals surface area contributed by atoms with Gasteiger partial charge in [-0.2, -0.15) is 0 Å². The third kappa shape index (κ3) is 5.36. The summed E-state index contributed by atoms with van der Waals surface area (Å²) >= 11 is 3.12. The molecule has 0 aromatic heterocycles. The van der Waals surface area contributed by atoms with Gasteiger partial charge in [0.15, 0.2) is 10.4 Å². The van der Waals surface area contributed by atoms with E-state index in [0.717, 1.165) is 0 Å². The number of hydrogen-bond acceptors (Lipinski definition) is 5. The van der Waals surface area contributed by atoms with Crippen molar-refractivity contribution in [2.75, 3.05) is 18.5 Å². The first-order valence-electron chi connectivity index (χ1n) is 8.45. The average molecular weight is 454 g/mol. The monoisotopic (exact) mass is 453 g/mol. The molecule has 0 spiro atoms. The summed E-state index contributed by atoms with van der Waals surface area (Å²) in [5.74, 6) is -0.844. The fourth-order valence-electron chi connectivity index (χ4n) is 2.40. The molecule has 1 N–H and O–H groups in total. The zero-order valence-corrected chi connectivity index (χ0v) is 17.5. The van der Waals surface area contributed by atoms with Crippen molar-refractivity contribution in [1.82, 2.24) is 0 Å². The summed E-state index contributed by atoms with van der Waals surface area (Å²) in [6.07, 6.45) is 0. The van der Waals surface area contributed by atoms with E-state index in [2.05, 4.69) is 21.2 Å². The van der Waals surface area contributed by atoms with Crippen molar-refractivity contribution in [3.8, 4) is 0 Å². The van der Waals surface area contributed by atoms with Gasteiger partial charge >= 0.3 is 7.60 Å². The molecule has 0 saturated heterocycles. The third-order valence-corrected chi connectivity index (χ3v) is 7.52. The minimum Gasteiger partial charge on any atom is -0.324 e. The van der Waals surface area contributed by atoms with Crippen LogP contribution in [0.15, 0.2) is 54.6 Å². The number of nitrogens with one attached hydrogen (secondary N) is 1. The topological polar surface area (TPSA) is 81.7 Å². The third-order valence-electron chi connectivity index (χ3n) is 3.58. The lowest BCUT2D eigenvalue weighted by molar-refractivity contribution is -0.114. The summed E-state index contributed by atoms with van der Waals surface area (Å²) in [7, 11) is -3.68. The molecular formula is C19H21BrNO5P. The van der Waals surface area contributed by atoms with E-state index >= 15 is 0 Å². The molecule has 0 aliphatic rings. The second-order valence-electron chi connectivity index (χ2n) is 5.44. The van der Waals surface area contributed by atoms with Gasteiger partial charge in [0.1, 0.15) is 0 Å². The molecule has 144 valence electrons. The van der Waals surface area contributed by atoms with Gasteiger partial charge in [-0.1, -0.05) is 58.4 Å². The molecule has 6 nitrogen and oxygen atoms in total. The minimum atomic E-state index is -3.68. The fraction of sp³-hybridized carbons (Fsp3) is 0.263. The van der Waals surface area contributed by atoms with Gasteiger partial charge in [-0.3, -0.25) is 14.2 Å². The summed E-state index contributed by atoms with van der Waals surface area (Å²) < 4.78 is 22.0.